The second-order valence-corrected chi connectivity index (χ2v) is 6.23. The summed E-state index contributed by atoms with van der Waals surface area (Å²) < 4.78 is 14.4. The molecule has 1 saturated carbocycles. The molecular formula is C15H20BrFN2O. The van der Waals surface area contributed by atoms with E-state index in [4.69, 9.17) is 5.73 Å². The van der Waals surface area contributed by atoms with Crippen molar-refractivity contribution in [2.45, 2.75) is 25.7 Å². The van der Waals surface area contributed by atoms with Gasteiger partial charge in [-0.25, -0.2) is 4.39 Å². The van der Waals surface area contributed by atoms with Crippen LogP contribution in [0.5, 0.6) is 0 Å². The number of hydrogen-bond donors (Lipinski definition) is 2. The fourth-order valence-electron chi connectivity index (χ4n) is 2.85. The number of nitrogens with two attached hydrogens (primary N) is 1. The number of hydrogen-bond acceptors (Lipinski definition) is 2. The third-order valence-electron chi connectivity index (χ3n) is 4.00. The van der Waals surface area contributed by atoms with Crippen molar-refractivity contribution in [2.24, 2.45) is 17.6 Å². The molecule has 2 atom stereocenters. The van der Waals surface area contributed by atoms with Gasteiger partial charge in [-0.15, -0.1) is 0 Å². The third kappa shape index (κ3) is 3.79. The van der Waals surface area contributed by atoms with Gasteiger partial charge in [0.25, 0.3) is 0 Å². The summed E-state index contributed by atoms with van der Waals surface area (Å²) in [6.07, 6.45) is 3.52. The SMILES string of the molecule is NC[C@H]1CCC[C@H]1C(=O)NCCc1cc(Br)ccc1F. The molecule has 0 radical (unpaired) electrons. The number of halogens is 2. The highest BCUT2D eigenvalue weighted by atomic mass is 79.9. The number of nitrogens with one attached hydrogen (secondary N) is 1. The van der Waals surface area contributed by atoms with Crippen LogP contribution >= 0.6 is 15.9 Å². The van der Waals surface area contributed by atoms with Crippen molar-refractivity contribution in [3.05, 3.63) is 34.1 Å². The van der Waals surface area contributed by atoms with Crippen molar-refractivity contribution < 1.29 is 9.18 Å². The van der Waals surface area contributed by atoms with Crippen LogP contribution in [0.15, 0.2) is 22.7 Å². The largest absolute Gasteiger partial charge is 0.356 e. The van der Waals surface area contributed by atoms with E-state index in [0.717, 1.165) is 23.7 Å². The van der Waals surface area contributed by atoms with Crippen molar-refractivity contribution in [1.82, 2.24) is 5.32 Å². The summed E-state index contributed by atoms with van der Waals surface area (Å²) in [5.41, 5.74) is 6.30. The first-order chi connectivity index (χ1) is 9.61. The number of carbonyl (C=O) groups is 1. The number of carbonyl (C=O) groups excluding carboxylic acids is 1. The molecule has 1 aromatic rings. The van der Waals surface area contributed by atoms with Crippen LogP contribution < -0.4 is 11.1 Å². The van der Waals surface area contributed by atoms with Gasteiger partial charge in [0, 0.05) is 16.9 Å². The van der Waals surface area contributed by atoms with Crippen molar-refractivity contribution in [3.63, 3.8) is 0 Å². The van der Waals surface area contributed by atoms with E-state index < -0.39 is 0 Å². The molecule has 5 heteroatoms. The molecule has 0 saturated heterocycles. The first-order valence-corrected chi connectivity index (χ1v) is 7.83. The molecule has 0 aliphatic heterocycles. The van der Waals surface area contributed by atoms with Crippen molar-refractivity contribution in [1.29, 1.82) is 0 Å². The van der Waals surface area contributed by atoms with Gasteiger partial charge in [-0.1, -0.05) is 22.4 Å². The zero-order valence-electron chi connectivity index (χ0n) is 11.4. The minimum atomic E-state index is -0.233. The monoisotopic (exact) mass is 342 g/mol. The maximum atomic E-state index is 13.6. The number of amides is 1. The Labute approximate surface area is 127 Å². The highest BCUT2D eigenvalue weighted by molar-refractivity contribution is 9.10. The van der Waals surface area contributed by atoms with Gasteiger partial charge in [-0.2, -0.15) is 0 Å². The highest BCUT2D eigenvalue weighted by Gasteiger charge is 2.31. The summed E-state index contributed by atoms with van der Waals surface area (Å²) in [5, 5.41) is 2.91. The smallest absolute Gasteiger partial charge is 0.223 e. The van der Waals surface area contributed by atoms with Crippen LogP contribution in [0, 0.1) is 17.7 Å². The molecule has 0 unspecified atom stereocenters. The quantitative estimate of drug-likeness (QED) is 0.864. The minimum Gasteiger partial charge on any atom is -0.356 e. The maximum absolute atomic E-state index is 13.6. The van der Waals surface area contributed by atoms with Gasteiger partial charge < -0.3 is 11.1 Å². The Morgan fingerprint density at radius 1 is 1.45 bits per heavy atom. The molecular weight excluding hydrogens is 323 g/mol. The number of rotatable bonds is 5. The fourth-order valence-corrected chi connectivity index (χ4v) is 3.26. The van der Waals surface area contributed by atoms with E-state index in [0.29, 0.717) is 31.0 Å². The summed E-state index contributed by atoms with van der Waals surface area (Å²) in [6.45, 7) is 1.03. The molecule has 2 rings (SSSR count). The van der Waals surface area contributed by atoms with Gasteiger partial charge in [-0.05, 0) is 55.5 Å². The standard InChI is InChI=1S/C15H20BrFN2O/c16-12-4-5-14(17)10(8-12)6-7-19-15(20)13-3-1-2-11(13)9-18/h4-5,8,11,13H,1-3,6-7,9,18H2,(H,19,20)/t11-,13-/m1/s1. The molecule has 20 heavy (non-hydrogen) atoms. The zero-order valence-corrected chi connectivity index (χ0v) is 13.0. The Morgan fingerprint density at radius 3 is 3.00 bits per heavy atom. The van der Waals surface area contributed by atoms with E-state index in [1.165, 1.54) is 6.07 Å². The van der Waals surface area contributed by atoms with Gasteiger partial charge in [0.2, 0.25) is 5.91 Å². The molecule has 3 nitrogen and oxygen atoms in total. The fraction of sp³-hybridized carbons (Fsp3) is 0.533. The van der Waals surface area contributed by atoms with E-state index in [1.54, 1.807) is 12.1 Å². The molecule has 1 aliphatic carbocycles. The lowest BCUT2D eigenvalue weighted by molar-refractivity contribution is -0.125. The van der Waals surface area contributed by atoms with Crippen LogP contribution in [0.2, 0.25) is 0 Å². The molecule has 1 amide bonds. The van der Waals surface area contributed by atoms with Crippen LogP contribution in [0.4, 0.5) is 4.39 Å². The lowest BCUT2D eigenvalue weighted by Crippen LogP contribution is -2.36. The van der Waals surface area contributed by atoms with Crippen LogP contribution in [-0.2, 0) is 11.2 Å². The molecule has 0 bridgehead atoms. The summed E-state index contributed by atoms with van der Waals surface area (Å²) in [6, 6.07) is 4.85. The summed E-state index contributed by atoms with van der Waals surface area (Å²) >= 11 is 3.32. The minimum absolute atomic E-state index is 0.0346. The Bertz CT molecular complexity index is 481. The first-order valence-electron chi connectivity index (χ1n) is 7.03. The van der Waals surface area contributed by atoms with Crippen LogP contribution in [0.3, 0.4) is 0 Å². The van der Waals surface area contributed by atoms with E-state index >= 15 is 0 Å². The molecule has 1 aromatic carbocycles. The van der Waals surface area contributed by atoms with E-state index in [1.807, 2.05) is 0 Å². The average Bonchev–Trinajstić information content (AvgIpc) is 2.91. The average molecular weight is 343 g/mol. The third-order valence-corrected chi connectivity index (χ3v) is 4.49. The summed E-state index contributed by atoms with van der Waals surface area (Å²) in [7, 11) is 0. The van der Waals surface area contributed by atoms with Gasteiger partial charge in [0.05, 0.1) is 0 Å². The molecule has 0 aromatic heterocycles. The van der Waals surface area contributed by atoms with E-state index in [2.05, 4.69) is 21.2 Å². The van der Waals surface area contributed by atoms with Gasteiger partial charge in [0.15, 0.2) is 0 Å². The Morgan fingerprint density at radius 2 is 2.25 bits per heavy atom. The second-order valence-electron chi connectivity index (χ2n) is 5.31. The maximum Gasteiger partial charge on any atom is 0.223 e. The topological polar surface area (TPSA) is 55.1 Å². The first kappa shape index (κ1) is 15.4. The van der Waals surface area contributed by atoms with Gasteiger partial charge >= 0.3 is 0 Å². The van der Waals surface area contributed by atoms with Crippen molar-refractivity contribution in [3.8, 4) is 0 Å². The highest BCUT2D eigenvalue weighted by Crippen LogP contribution is 2.30. The second kappa shape index (κ2) is 7.18. The van der Waals surface area contributed by atoms with Crippen molar-refractivity contribution in [2.75, 3.05) is 13.1 Å². The van der Waals surface area contributed by atoms with Crippen LogP contribution in [-0.4, -0.2) is 19.0 Å². The molecule has 1 aliphatic rings. The Balaban J connectivity index is 1.83. The molecule has 110 valence electrons. The Hall–Kier alpha value is -0.940. The normalized spacial score (nSPS) is 21.9. The van der Waals surface area contributed by atoms with E-state index in [-0.39, 0.29) is 17.6 Å². The zero-order chi connectivity index (χ0) is 14.5. The lowest BCUT2D eigenvalue weighted by Gasteiger charge is -2.17. The van der Waals surface area contributed by atoms with Crippen LogP contribution in [0.1, 0.15) is 24.8 Å². The van der Waals surface area contributed by atoms with Crippen molar-refractivity contribution >= 4 is 21.8 Å². The molecule has 0 heterocycles. The van der Waals surface area contributed by atoms with Gasteiger partial charge in [-0.3, -0.25) is 4.79 Å². The summed E-state index contributed by atoms with van der Waals surface area (Å²) in [4.78, 5) is 12.1. The summed E-state index contributed by atoms with van der Waals surface area (Å²) in [5.74, 6) is 0.168. The predicted molar refractivity (Wildman–Crippen MR) is 80.7 cm³/mol. The number of benzene rings is 1. The predicted octanol–water partition coefficient (Wildman–Crippen LogP) is 2.62. The van der Waals surface area contributed by atoms with E-state index in [9.17, 15) is 9.18 Å². The molecule has 1 fully saturated rings. The Kier molecular flexibility index (Phi) is 5.54. The van der Waals surface area contributed by atoms with Gasteiger partial charge in [0.1, 0.15) is 5.82 Å². The molecule has 3 N–H and O–H groups in total. The van der Waals surface area contributed by atoms with Crippen LogP contribution in [0.25, 0.3) is 0 Å². The lowest BCUT2D eigenvalue weighted by atomic mass is 9.95. The molecule has 0 spiro atoms.